The third-order valence-electron chi connectivity index (χ3n) is 3.53. The van der Waals surface area contributed by atoms with Crippen LogP contribution in [-0.4, -0.2) is 11.1 Å². The molecule has 0 radical (unpaired) electrons. The highest BCUT2D eigenvalue weighted by atomic mass is 16.4. The van der Waals surface area contributed by atoms with Gasteiger partial charge in [0.15, 0.2) is 0 Å². The van der Waals surface area contributed by atoms with Gasteiger partial charge in [0.25, 0.3) is 0 Å². The second kappa shape index (κ2) is 6.39. The van der Waals surface area contributed by atoms with Crippen LogP contribution in [-0.2, 0) is 4.79 Å². The van der Waals surface area contributed by atoms with Crippen molar-refractivity contribution in [1.29, 1.82) is 0 Å². The zero-order valence-electron chi connectivity index (χ0n) is 11.5. The molecular formula is C16H22O2. The van der Waals surface area contributed by atoms with Gasteiger partial charge >= 0.3 is 5.97 Å². The molecule has 2 nitrogen and oxygen atoms in total. The number of carbonyl (C=O) groups is 1. The number of hydrogen-bond acceptors (Lipinski definition) is 1. The molecule has 1 rings (SSSR count). The molecule has 0 aromatic rings. The average molecular weight is 246 g/mol. The number of rotatable bonds is 4. The van der Waals surface area contributed by atoms with Gasteiger partial charge < -0.3 is 5.11 Å². The molecule has 1 atom stereocenters. The first-order valence-electron chi connectivity index (χ1n) is 6.38. The Balaban J connectivity index is 3.11. The molecule has 1 aliphatic carbocycles. The summed E-state index contributed by atoms with van der Waals surface area (Å²) in [6.45, 7) is 9.97. The Kier molecular flexibility index (Phi) is 5.14. The Morgan fingerprint density at radius 3 is 2.56 bits per heavy atom. The molecule has 0 aromatic heterocycles. The van der Waals surface area contributed by atoms with Crippen molar-refractivity contribution in [2.45, 2.75) is 40.0 Å². The average Bonchev–Trinajstić information content (AvgIpc) is 2.34. The maximum absolute atomic E-state index is 11.3. The minimum Gasteiger partial charge on any atom is -0.478 e. The van der Waals surface area contributed by atoms with E-state index in [0.717, 1.165) is 29.6 Å². The van der Waals surface area contributed by atoms with Crippen molar-refractivity contribution in [2.24, 2.45) is 5.92 Å². The van der Waals surface area contributed by atoms with E-state index in [1.165, 1.54) is 0 Å². The zero-order valence-corrected chi connectivity index (χ0v) is 11.5. The fraction of sp³-hybridized carbons (Fsp3) is 0.438. The van der Waals surface area contributed by atoms with Gasteiger partial charge in [0.2, 0.25) is 0 Å². The molecule has 1 N–H and O–H groups in total. The summed E-state index contributed by atoms with van der Waals surface area (Å²) in [4.78, 5) is 11.3. The van der Waals surface area contributed by atoms with Gasteiger partial charge in [-0.05, 0) is 57.1 Å². The lowest BCUT2D eigenvalue weighted by molar-refractivity contribution is -0.133. The lowest BCUT2D eigenvalue weighted by atomic mass is 9.78. The van der Waals surface area contributed by atoms with Crippen LogP contribution in [0.1, 0.15) is 40.0 Å². The van der Waals surface area contributed by atoms with Gasteiger partial charge in [0.05, 0.1) is 0 Å². The molecule has 0 bridgehead atoms. The first-order valence-corrected chi connectivity index (χ1v) is 6.38. The highest BCUT2D eigenvalue weighted by Gasteiger charge is 2.25. The van der Waals surface area contributed by atoms with E-state index in [0.29, 0.717) is 17.9 Å². The smallest absolute Gasteiger partial charge is 0.331 e. The summed E-state index contributed by atoms with van der Waals surface area (Å²) in [5.74, 6) is -0.365. The van der Waals surface area contributed by atoms with Crippen molar-refractivity contribution in [2.75, 3.05) is 0 Å². The molecule has 0 fully saturated rings. The van der Waals surface area contributed by atoms with Gasteiger partial charge in [-0.2, -0.15) is 0 Å². The van der Waals surface area contributed by atoms with Crippen LogP contribution in [0.5, 0.6) is 0 Å². The Bertz CT molecular complexity index is 436. The molecule has 0 amide bonds. The Labute approximate surface area is 109 Å². The Morgan fingerprint density at radius 1 is 1.39 bits per heavy atom. The van der Waals surface area contributed by atoms with E-state index in [1.54, 1.807) is 0 Å². The molecule has 0 aliphatic heterocycles. The lowest BCUT2D eigenvalue weighted by Gasteiger charge is -2.26. The number of hydrogen-bond donors (Lipinski definition) is 1. The quantitative estimate of drug-likeness (QED) is 0.594. The number of aliphatic carboxylic acids is 1. The molecule has 0 spiro atoms. The van der Waals surface area contributed by atoms with Gasteiger partial charge in [-0.3, -0.25) is 0 Å². The topological polar surface area (TPSA) is 37.3 Å². The van der Waals surface area contributed by atoms with Gasteiger partial charge in [-0.1, -0.05) is 30.4 Å². The molecule has 2 heteroatoms. The van der Waals surface area contributed by atoms with Crippen LogP contribution in [0.3, 0.4) is 0 Å². The number of carboxylic acid groups (broad SMARTS) is 1. The second-order valence-electron chi connectivity index (χ2n) is 4.92. The standard InChI is InChI=1S/C16H22O2/c1-5-6-7-12(4)15-10-13(11(2)3)8-9-14(15)16(17)18/h5-7,13H,2,8-10H2,1,3-4H3,(H,17,18)/t13-/m1/s1. The van der Waals surface area contributed by atoms with Crippen LogP contribution in [0, 0.1) is 5.92 Å². The van der Waals surface area contributed by atoms with E-state index >= 15 is 0 Å². The molecule has 0 saturated heterocycles. The third kappa shape index (κ3) is 3.46. The largest absolute Gasteiger partial charge is 0.478 e. The molecular weight excluding hydrogens is 224 g/mol. The van der Waals surface area contributed by atoms with Crippen molar-refractivity contribution >= 4 is 5.97 Å². The van der Waals surface area contributed by atoms with Crippen LogP contribution >= 0.6 is 0 Å². The highest BCUT2D eigenvalue weighted by molar-refractivity contribution is 5.88. The Morgan fingerprint density at radius 2 is 2.06 bits per heavy atom. The third-order valence-corrected chi connectivity index (χ3v) is 3.53. The van der Waals surface area contributed by atoms with E-state index in [4.69, 9.17) is 0 Å². The predicted octanol–water partition coefficient (Wildman–Crippen LogP) is 4.27. The molecule has 0 saturated carbocycles. The van der Waals surface area contributed by atoms with Crippen LogP contribution in [0.25, 0.3) is 0 Å². The molecule has 98 valence electrons. The zero-order chi connectivity index (χ0) is 13.7. The number of carboxylic acids is 1. The SMILES string of the molecule is C=C(C)[C@@H]1CCC(C(=O)O)=C(C(C)=CC=CC)C1. The molecule has 0 unspecified atom stereocenters. The maximum Gasteiger partial charge on any atom is 0.331 e. The summed E-state index contributed by atoms with van der Waals surface area (Å²) in [7, 11) is 0. The van der Waals surface area contributed by atoms with E-state index in [1.807, 2.05) is 39.0 Å². The van der Waals surface area contributed by atoms with Crippen molar-refractivity contribution < 1.29 is 9.90 Å². The summed E-state index contributed by atoms with van der Waals surface area (Å²) < 4.78 is 0. The highest BCUT2D eigenvalue weighted by Crippen LogP contribution is 2.36. The second-order valence-corrected chi connectivity index (χ2v) is 4.92. The molecule has 18 heavy (non-hydrogen) atoms. The summed E-state index contributed by atoms with van der Waals surface area (Å²) in [6, 6.07) is 0. The van der Waals surface area contributed by atoms with Gasteiger partial charge in [-0.25, -0.2) is 4.79 Å². The lowest BCUT2D eigenvalue weighted by Crippen LogP contribution is -2.16. The van der Waals surface area contributed by atoms with Crippen molar-refractivity contribution in [3.8, 4) is 0 Å². The van der Waals surface area contributed by atoms with Crippen molar-refractivity contribution in [3.05, 3.63) is 47.1 Å². The van der Waals surface area contributed by atoms with Crippen LogP contribution in [0.4, 0.5) is 0 Å². The summed E-state index contributed by atoms with van der Waals surface area (Å²) in [5, 5.41) is 9.28. The predicted molar refractivity (Wildman–Crippen MR) is 75.4 cm³/mol. The number of allylic oxidation sites excluding steroid dienone is 6. The molecule has 0 aromatic carbocycles. The van der Waals surface area contributed by atoms with E-state index in [-0.39, 0.29) is 0 Å². The maximum atomic E-state index is 11.3. The van der Waals surface area contributed by atoms with Crippen LogP contribution < -0.4 is 0 Å². The van der Waals surface area contributed by atoms with Gasteiger partial charge in [-0.15, -0.1) is 0 Å². The minimum absolute atomic E-state index is 0.414. The normalized spacial score (nSPS) is 21.5. The van der Waals surface area contributed by atoms with Gasteiger partial charge in [0.1, 0.15) is 0 Å². The van der Waals surface area contributed by atoms with E-state index in [2.05, 4.69) is 6.58 Å². The summed E-state index contributed by atoms with van der Waals surface area (Å²) in [6.07, 6.45) is 8.23. The van der Waals surface area contributed by atoms with Crippen molar-refractivity contribution in [3.63, 3.8) is 0 Å². The fourth-order valence-electron chi connectivity index (χ4n) is 2.34. The first kappa shape index (κ1) is 14.5. The van der Waals surface area contributed by atoms with Crippen LogP contribution in [0.2, 0.25) is 0 Å². The molecule has 0 heterocycles. The molecule has 1 aliphatic rings. The summed E-state index contributed by atoms with van der Waals surface area (Å²) in [5.41, 5.74) is 3.76. The summed E-state index contributed by atoms with van der Waals surface area (Å²) >= 11 is 0. The fourth-order valence-corrected chi connectivity index (χ4v) is 2.34. The monoisotopic (exact) mass is 246 g/mol. The van der Waals surface area contributed by atoms with Crippen molar-refractivity contribution in [1.82, 2.24) is 0 Å². The van der Waals surface area contributed by atoms with Gasteiger partial charge in [0, 0.05) is 5.57 Å². The Hall–Kier alpha value is -1.57. The minimum atomic E-state index is -0.779. The van der Waals surface area contributed by atoms with E-state index in [9.17, 15) is 9.90 Å². The first-order chi connectivity index (χ1) is 8.47. The van der Waals surface area contributed by atoms with Crippen LogP contribution in [0.15, 0.2) is 47.1 Å². The van der Waals surface area contributed by atoms with E-state index < -0.39 is 5.97 Å².